The van der Waals surface area contributed by atoms with Crippen LogP contribution in [0, 0.1) is 0 Å². The number of hydrogen-bond acceptors (Lipinski definition) is 7. The summed E-state index contributed by atoms with van der Waals surface area (Å²) in [6, 6.07) is 12.4. The smallest absolute Gasteiger partial charge is 0.261 e. The number of anilines is 1. The molecule has 0 radical (unpaired) electrons. The molecule has 3 aromatic rings. The minimum absolute atomic E-state index is 0.0185. The van der Waals surface area contributed by atoms with Gasteiger partial charge in [0.15, 0.2) is 0 Å². The molecule has 0 spiro atoms. The predicted octanol–water partition coefficient (Wildman–Crippen LogP) is 2.41. The van der Waals surface area contributed by atoms with Gasteiger partial charge in [0.1, 0.15) is 5.82 Å². The topological polar surface area (TPSA) is 117 Å². The van der Waals surface area contributed by atoms with Crippen LogP contribution in [0.25, 0.3) is 10.9 Å². The molecule has 192 valence electrons. The lowest BCUT2D eigenvalue weighted by Crippen LogP contribution is -2.44. The maximum atomic E-state index is 13.6. The first kappa shape index (κ1) is 24.9. The van der Waals surface area contributed by atoms with Gasteiger partial charge >= 0.3 is 0 Å². The number of nitrogens with two attached hydrogens (primary N) is 1. The Bertz CT molecular complexity index is 1400. The Balaban J connectivity index is 1.44. The van der Waals surface area contributed by atoms with Gasteiger partial charge in [0.25, 0.3) is 5.56 Å². The maximum absolute atomic E-state index is 13.6. The molecule has 36 heavy (non-hydrogen) atoms. The molecule has 1 atom stereocenters. The fourth-order valence-corrected chi connectivity index (χ4v) is 5.46. The molecule has 2 N–H and O–H groups in total. The minimum atomic E-state index is -3.73. The number of morpholine rings is 1. The van der Waals surface area contributed by atoms with Gasteiger partial charge < -0.3 is 14.4 Å². The molecule has 1 saturated heterocycles. The van der Waals surface area contributed by atoms with Crippen LogP contribution in [-0.2, 0) is 32.5 Å². The zero-order chi connectivity index (χ0) is 25.3. The fraction of sp³-hybridized carbons (Fsp3) is 0.462. The predicted molar refractivity (Wildman–Crippen MR) is 138 cm³/mol. The second-order valence-corrected chi connectivity index (χ2v) is 11.2. The normalized spacial score (nSPS) is 18.9. The second kappa shape index (κ2) is 10.3. The number of nitrogens with zero attached hydrogens (tertiary/aromatic N) is 3. The maximum Gasteiger partial charge on any atom is 0.261 e. The Morgan fingerprint density at radius 2 is 1.94 bits per heavy atom. The molecule has 0 unspecified atom stereocenters. The second-order valence-electron chi connectivity index (χ2n) is 9.59. The zero-order valence-corrected chi connectivity index (χ0v) is 21.2. The van der Waals surface area contributed by atoms with Gasteiger partial charge in [-0.15, -0.1) is 0 Å². The molecule has 1 aliphatic carbocycles. The lowest BCUT2D eigenvalue weighted by molar-refractivity contribution is -0.0100. The third-order valence-electron chi connectivity index (χ3n) is 7.17. The Labute approximate surface area is 210 Å². The van der Waals surface area contributed by atoms with Gasteiger partial charge in [0.2, 0.25) is 10.0 Å². The van der Waals surface area contributed by atoms with E-state index in [1.807, 2.05) is 22.8 Å². The summed E-state index contributed by atoms with van der Waals surface area (Å²) in [6.45, 7) is 3.17. The van der Waals surface area contributed by atoms with Crippen molar-refractivity contribution in [1.82, 2.24) is 9.55 Å². The van der Waals surface area contributed by atoms with E-state index in [1.165, 1.54) is 12.1 Å². The number of fused-ring (bicyclic) bond motifs is 1. The average molecular weight is 513 g/mol. The van der Waals surface area contributed by atoms with Crippen molar-refractivity contribution in [3.8, 4) is 0 Å². The van der Waals surface area contributed by atoms with E-state index in [1.54, 1.807) is 19.2 Å². The molecule has 2 heterocycles. The van der Waals surface area contributed by atoms with E-state index in [0.717, 1.165) is 54.9 Å². The molecular weight excluding hydrogens is 480 g/mol. The highest BCUT2D eigenvalue weighted by molar-refractivity contribution is 7.89. The van der Waals surface area contributed by atoms with Gasteiger partial charge in [-0.05, 0) is 55.2 Å². The van der Waals surface area contributed by atoms with Gasteiger partial charge in [-0.2, -0.15) is 0 Å². The highest BCUT2D eigenvalue weighted by Crippen LogP contribution is 2.35. The Morgan fingerprint density at radius 1 is 1.17 bits per heavy atom. The van der Waals surface area contributed by atoms with Crippen LogP contribution in [0.5, 0.6) is 0 Å². The van der Waals surface area contributed by atoms with Crippen LogP contribution >= 0.6 is 0 Å². The summed E-state index contributed by atoms with van der Waals surface area (Å²) in [5, 5.41) is 5.81. The fourth-order valence-electron chi connectivity index (χ4n) is 4.94. The highest BCUT2D eigenvalue weighted by Gasteiger charge is 2.26. The lowest BCUT2D eigenvalue weighted by Gasteiger charge is -2.34. The van der Waals surface area contributed by atoms with Crippen LogP contribution in [-0.4, -0.2) is 57.5 Å². The Hall–Kier alpha value is -2.79. The molecule has 0 bridgehead atoms. The molecule has 1 saturated carbocycles. The van der Waals surface area contributed by atoms with Crippen LogP contribution < -0.4 is 15.6 Å². The molecule has 10 heteroatoms. The molecule has 2 aromatic carbocycles. The third kappa shape index (κ3) is 5.17. The van der Waals surface area contributed by atoms with E-state index in [-0.39, 0.29) is 22.5 Å². The summed E-state index contributed by atoms with van der Waals surface area (Å²) in [5.41, 5.74) is 2.66. The molecule has 0 amide bonds. The van der Waals surface area contributed by atoms with Crippen molar-refractivity contribution >= 4 is 26.6 Å². The SMILES string of the molecule is COC[C@H]1CN(c2ccc3c(=O)n(CCc4ccc(S(N)(=O)=O)cc4)c(C4CCC4)nc3c2)CCO1. The molecule has 2 aliphatic rings. The Kier molecular flexibility index (Phi) is 7.11. The number of methoxy groups -OCH3 is 1. The number of aromatic nitrogens is 2. The van der Waals surface area contributed by atoms with Crippen LogP contribution in [0.4, 0.5) is 5.69 Å². The number of hydrogen-bond donors (Lipinski definition) is 1. The van der Waals surface area contributed by atoms with Crippen molar-refractivity contribution in [1.29, 1.82) is 0 Å². The van der Waals surface area contributed by atoms with Crippen molar-refractivity contribution in [2.24, 2.45) is 5.14 Å². The summed E-state index contributed by atoms with van der Waals surface area (Å²) in [4.78, 5) is 21.0. The Morgan fingerprint density at radius 3 is 2.61 bits per heavy atom. The standard InChI is InChI=1S/C26H32N4O5S/c1-34-17-21-16-29(13-14-35-21)20-7-10-23-24(15-20)28-25(19-3-2-4-19)30(26(23)31)12-11-18-5-8-22(9-6-18)36(27,32)33/h5-10,15,19,21H,2-4,11-14,16-17H2,1H3,(H2,27,32,33)/t21-/m1/s1. The third-order valence-corrected chi connectivity index (χ3v) is 8.10. The summed E-state index contributed by atoms with van der Waals surface area (Å²) < 4.78 is 35.9. The first-order valence-corrected chi connectivity index (χ1v) is 13.9. The minimum Gasteiger partial charge on any atom is -0.382 e. The van der Waals surface area contributed by atoms with Crippen LogP contribution in [0.15, 0.2) is 52.2 Å². The van der Waals surface area contributed by atoms with Crippen molar-refractivity contribution in [2.45, 2.75) is 49.1 Å². The largest absolute Gasteiger partial charge is 0.382 e. The molecule has 9 nitrogen and oxygen atoms in total. The number of rotatable bonds is 8. The lowest BCUT2D eigenvalue weighted by atomic mass is 9.84. The van der Waals surface area contributed by atoms with Gasteiger partial charge in [-0.1, -0.05) is 18.6 Å². The number of benzene rings is 2. The van der Waals surface area contributed by atoms with E-state index >= 15 is 0 Å². The zero-order valence-electron chi connectivity index (χ0n) is 20.4. The molecule has 1 aromatic heterocycles. The van der Waals surface area contributed by atoms with Crippen molar-refractivity contribution in [3.63, 3.8) is 0 Å². The number of aryl methyl sites for hydroxylation is 1. The van der Waals surface area contributed by atoms with Crippen molar-refractivity contribution in [3.05, 3.63) is 64.2 Å². The van der Waals surface area contributed by atoms with Gasteiger partial charge in [-0.25, -0.2) is 18.5 Å². The van der Waals surface area contributed by atoms with Crippen LogP contribution in [0.2, 0.25) is 0 Å². The first-order chi connectivity index (χ1) is 17.3. The van der Waals surface area contributed by atoms with E-state index in [9.17, 15) is 13.2 Å². The summed E-state index contributed by atoms with van der Waals surface area (Å²) in [6.07, 6.45) is 3.81. The number of sulfonamides is 1. The van der Waals surface area contributed by atoms with E-state index < -0.39 is 10.0 Å². The number of primary sulfonamides is 1. The quantitative estimate of drug-likeness (QED) is 0.493. The summed E-state index contributed by atoms with van der Waals surface area (Å²) >= 11 is 0. The molecule has 5 rings (SSSR count). The summed E-state index contributed by atoms with van der Waals surface area (Å²) in [5.74, 6) is 1.13. The molecule has 1 aliphatic heterocycles. The highest BCUT2D eigenvalue weighted by atomic mass is 32.2. The van der Waals surface area contributed by atoms with Gasteiger partial charge in [0, 0.05) is 38.3 Å². The number of ether oxygens (including phenoxy) is 2. The van der Waals surface area contributed by atoms with Crippen LogP contribution in [0.3, 0.4) is 0 Å². The average Bonchev–Trinajstić information content (AvgIpc) is 2.82. The molecular formula is C26H32N4O5S. The van der Waals surface area contributed by atoms with E-state index in [4.69, 9.17) is 19.6 Å². The van der Waals surface area contributed by atoms with Crippen molar-refractivity contribution in [2.75, 3.05) is 38.3 Å². The monoisotopic (exact) mass is 512 g/mol. The van der Waals surface area contributed by atoms with Gasteiger partial charge in [0.05, 0.1) is 35.1 Å². The van der Waals surface area contributed by atoms with Gasteiger partial charge in [-0.3, -0.25) is 9.36 Å². The molecule has 2 fully saturated rings. The first-order valence-electron chi connectivity index (χ1n) is 12.3. The van der Waals surface area contributed by atoms with Crippen LogP contribution in [0.1, 0.15) is 36.6 Å². The van der Waals surface area contributed by atoms with E-state index in [2.05, 4.69) is 4.90 Å². The van der Waals surface area contributed by atoms with Crippen molar-refractivity contribution < 1.29 is 17.9 Å². The van der Waals surface area contributed by atoms with E-state index in [0.29, 0.717) is 31.6 Å². The summed E-state index contributed by atoms with van der Waals surface area (Å²) in [7, 11) is -2.06.